The first-order chi connectivity index (χ1) is 11.1. The lowest BCUT2D eigenvalue weighted by molar-refractivity contribution is -0.118. The predicted molar refractivity (Wildman–Crippen MR) is 96.2 cm³/mol. The smallest absolute Gasteiger partial charge is 0.250 e. The molecule has 0 radical (unpaired) electrons. The molecule has 23 heavy (non-hydrogen) atoms. The fourth-order valence-electron chi connectivity index (χ4n) is 2.09. The van der Waals surface area contributed by atoms with Gasteiger partial charge >= 0.3 is 0 Å². The molecule has 3 aromatic rings. The van der Waals surface area contributed by atoms with E-state index in [0.29, 0.717) is 0 Å². The molecule has 0 atom stereocenters. The normalized spacial score (nSPS) is 11.4. The number of nitrogens with one attached hydrogen (secondary N) is 1. The molecule has 0 saturated heterocycles. The fraction of sp³-hybridized carbons (Fsp3) is 0.188. The Balaban J connectivity index is 1.57. The number of amides is 1. The summed E-state index contributed by atoms with van der Waals surface area (Å²) >= 11 is 3.00. The standard InChI is InChI=1S/C16H16N4OS2/c1-11-7-8-22-14(11)9-17-19-15(21)10-23-16-18-12-5-3-4-6-13(12)20(16)2/h3-9H,10H2,1-2H3,(H,19,21)/b17-9+. The summed E-state index contributed by atoms with van der Waals surface area (Å²) in [4.78, 5) is 17.5. The molecule has 2 heterocycles. The zero-order chi connectivity index (χ0) is 16.2. The molecular weight excluding hydrogens is 328 g/mol. The number of carbonyl (C=O) groups is 1. The molecule has 0 spiro atoms. The van der Waals surface area contributed by atoms with Crippen molar-refractivity contribution in [2.75, 3.05) is 5.75 Å². The average Bonchev–Trinajstić information content (AvgIpc) is 3.10. The van der Waals surface area contributed by atoms with Crippen LogP contribution >= 0.6 is 23.1 Å². The molecule has 5 nitrogen and oxygen atoms in total. The number of benzene rings is 1. The number of aromatic nitrogens is 2. The summed E-state index contributed by atoms with van der Waals surface area (Å²) in [5.74, 6) is 0.130. The number of thiophene rings is 1. The number of thioether (sulfide) groups is 1. The van der Waals surface area contributed by atoms with Gasteiger partial charge in [-0.05, 0) is 36.1 Å². The van der Waals surface area contributed by atoms with Gasteiger partial charge in [0.05, 0.1) is 23.0 Å². The zero-order valence-corrected chi connectivity index (χ0v) is 14.4. The van der Waals surface area contributed by atoms with Gasteiger partial charge in [-0.3, -0.25) is 4.79 Å². The van der Waals surface area contributed by atoms with Crippen LogP contribution in [0.2, 0.25) is 0 Å². The van der Waals surface area contributed by atoms with Crippen LogP contribution in [0.25, 0.3) is 11.0 Å². The molecule has 2 aromatic heterocycles. The molecule has 118 valence electrons. The molecule has 1 aromatic carbocycles. The number of hydrogen-bond donors (Lipinski definition) is 1. The second-order valence-corrected chi connectivity index (χ2v) is 6.88. The Labute approximate surface area is 142 Å². The molecule has 0 aliphatic carbocycles. The summed E-state index contributed by atoms with van der Waals surface area (Å²) in [6.07, 6.45) is 1.68. The summed E-state index contributed by atoms with van der Waals surface area (Å²) in [7, 11) is 1.95. The quantitative estimate of drug-likeness (QED) is 0.439. The lowest BCUT2D eigenvalue weighted by Gasteiger charge is -2.01. The first-order valence-corrected chi connectivity index (χ1v) is 8.92. The number of rotatable bonds is 5. The minimum atomic E-state index is -0.146. The van der Waals surface area contributed by atoms with Gasteiger partial charge in [0, 0.05) is 11.9 Å². The number of hydrogen-bond acceptors (Lipinski definition) is 5. The second kappa shape index (κ2) is 6.97. The highest BCUT2D eigenvalue weighted by molar-refractivity contribution is 7.99. The topological polar surface area (TPSA) is 59.3 Å². The Kier molecular flexibility index (Phi) is 4.78. The summed E-state index contributed by atoms with van der Waals surface area (Å²) in [5.41, 5.74) is 5.70. The van der Waals surface area contributed by atoms with Gasteiger partial charge in [0.2, 0.25) is 0 Å². The molecular formula is C16H16N4OS2. The van der Waals surface area contributed by atoms with Crippen LogP contribution in [0.3, 0.4) is 0 Å². The molecule has 0 unspecified atom stereocenters. The van der Waals surface area contributed by atoms with Crippen LogP contribution in [0.15, 0.2) is 46.0 Å². The van der Waals surface area contributed by atoms with Crippen LogP contribution < -0.4 is 5.43 Å². The van der Waals surface area contributed by atoms with Crippen molar-refractivity contribution in [1.29, 1.82) is 0 Å². The van der Waals surface area contributed by atoms with E-state index in [4.69, 9.17) is 0 Å². The van der Waals surface area contributed by atoms with Crippen molar-refractivity contribution in [2.45, 2.75) is 12.1 Å². The second-order valence-electron chi connectivity index (χ2n) is 4.99. The Bertz CT molecular complexity index is 866. The van der Waals surface area contributed by atoms with Crippen LogP contribution in [-0.2, 0) is 11.8 Å². The van der Waals surface area contributed by atoms with E-state index in [1.807, 2.05) is 54.3 Å². The van der Waals surface area contributed by atoms with E-state index in [1.54, 1.807) is 17.6 Å². The van der Waals surface area contributed by atoms with Gasteiger partial charge in [-0.15, -0.1) is 11.3 Å². The third-order valence-electron chi connectivity index (χ3n) is 3.35. The third kappa shape index (κ3) is 3.62. The highest BCUT2D eigenvalue weighted by Gasteiger charge is 2.09. The monoisotopic (exact) mass is 344 g/mol. The zero-order valence-electron chi connectivity index (χ0n) is 12.8. The van der Waals surface area contributed by atoms with Crippen molar-refractivity contribution >= 4 is 46.3 Å². The lowest BCUT2D eigenvalue weighted by atomic mass is 10.3. The number of para-hydroxylation sites is 2. The van der Waals surface area contributed by atoms with Gasteiger partial charge in [0.1, 0.15) is 0 Å². The summed E-state index contributed by atoms with van der Waals surface area (Å²) in [6.45, 7) is 2.02. The third-order valence-corrected chi connectivity index (χ3v) is 5.33. The molecule has 7 heteroatoms. The van der Waals surface area contributed by atoms with Gasteiger partial charge in [-0.2, -0.15) is 5.10 Å². The summed E-state index contributed by atoms with van der Waals surface area (Å²) < 4.78 is 1.99. The number of aryl methyl sites for hydroxylation is 2. The number of imidazole rings is 1. The Morgan fingerprint density at radius 1 is 1.43 bits per heavy atom. The van der Waals surface area contributed by atoms with Crippen LogP contribution in [0.1, 0.15) is 10.4 Å². The van der Waals surface area contributed by atoms with Crippen molar-refractivity contribution < 1.29 is 4.79 Å². The minimum Gasteiger partial charge on any atom is -0.322 e. The highest BCUT2D eigenvalue weighted by Crippen LogP contribution is 2.22. The summed E-state index contributed by atoms with van der Waals surface area (Å²) in [5, 5.41) is 6.82. The van der Waals surface area contributed by atoms with Crippen LogP contribution in [0, 0.1) is 6.92 Å². The van der Waals surface area contributed by atoms with E-state index in [-0.39, 0.29) is 11.7 Å². The van der Waals surface area contributed by atoms with Crippen molar-refractivity contribution in [3.63, 3.8) is 0 Å². The van der Waals surface area contributed by atoms with E-state index in [2.05, 4.69) is 15.5 Å². The van der Waals surface area contributed by atoms with E-state index < -0.39 is 0 Å². The van der Waals surface area contributed by atoms with Gasteiger partial charge in [-0.1, -0.05) is 23.9 Å². The molecule has 0 bridgehead atoms. The number of nitrogens with zero attached hydrogens (tertiary/aromatic N) is 3. The van der Waals surface area contributed by atoms with E-state index >= 15 is 0 Å². The fourth-order valence-corrected chi connectivity index (χ4v) is 3.66. The predicted octanol–water partition coefficient (Wildman–Crippen LogP) is 3.19. The van der Waals surface area contributed by atoms with Crippen LogP contribution in [0.5, 0.6) is 0 Å². The van der Waals surface area contributed by atoms with E-state index in [1.165, 1.54) is 11.8 Å². The largest absolute Gasteiger partial charge is 0.322 e. The highest BCUT2D eigenvalue weighted by atomic mass is 32.2. The maximum atomic E-state index is 11.9. The van der Waals surface area contributed by atoms with Crippen molar-refractivity contribution in [2.24, 2.45) is 12.1 Å². The minimum absolute atomic E-state index is 0.146. The van der Waals surface area contributed by atoms with Crippen molar-refractivity contribution in [3.8, 4) is 0 Å². The van der Waals surface area contributed by atoms with Crippen molar-refractivity contribution in [3.05, 3.63) is 46.2 Å². The molecule has 0 aliphatic rings. The first kappa shape index (κ1) is 15.8. The van der Waals surface area contributed by atoms with Gasteiger partial charge in [0.25, 0.3) is 5.91 Å². The molecule has 1 N–H and O–H groups in total. The van der Waals surface area contributed by atoms with Gasteiger partial charge in [-0.25, -0.2) is 10.4 Å². The maximum Gasteiger partial charge on any atom is 0.250 e. The molecule has 3 rings (SSSR count). The van der Waals surface area contributed by atoms with Gasteiger partial charge < -0.3 is 4.57 Å². The Morgan fingerprint density at radius 2 is 2.26 bits per heavy atom. The number of hydrazone groups is 1. The maximum absolute atomic E-state index is 11.9. The number of fused-ring (bicyclic) bond motifs is 1. The van der Waals surface area contributed by atoms with E-state index in [9.17, 15) is 4.79 Å². The molecule has 0 saturated carbocycles. The summed E-state index contributed by atoms with van der Waals surface area (Å²) in [6, 6.07) is 9.94. The first-order valence-electron chi connectivity index (χ1n) is 7.05. The average molecular weight is 344 g/mol. The van der Waals surface area contributed by atoms with Crippen LogP contribution in [-0.4, -0.2) is 27.4 Å². The number of carbonyl (C=O) groups excluding carboxylic acids is 1. The van der Waals surface area contributed by atoms with Crippen LogP contribution in [0.4, 0.5) is 0 Å². The van der Waals surface area contributed by atoms with Crippen molar-refractivity contribution in [1.82, 2.24) is 15.0 Å². The van der Waals surface area contributed by atoms with Gasteiger partial charge in [0.15, 0.2) is 5.16 Å². The SMILES string of the molecule is Cc1ccsc1/C=N/NC(=O)CSc1nc2ccccc2n1C. The Morgan fingerprint density at radius 3 is 3.00 bits per heavy atom. The Hall–Kier alpha value is -2.12. The molecule has 0 fully saturated rings. The molecule has 0 aliphatic heterocycles. The molecule has 1 amide bonds. The van der Waals surface area contributed by atoms with E-state index in [0.717, 1.165) is 26.6 Å². The lowest BCUT2D eigenvalue weighted by Crippen LogP contribution is -2.19.